The second kappa shape index (κ2) is 5.73. The molecule has 1 aromatic carbocycles. The number of para-hydroxylation sites is 1. The van der Waals surface area contributed by atoms with Crippen LogP contribution in [0.4, 0.5) is 5.69 Å². The van der Waals surface area contributed by atoms with Crippen LogP contribution in [0.5, 0.6) is 0 Å². The average molecular weight is 261 g/mol. The first-order valence-corrected chi connectivity index (χ1v) is 6.51. The number of rotatable bonds is 3. The first kappa shape index (κ1) is 13.4. The van der Waals surface area contributed by atoms with Gasteiger partial charge in [-0.2, -0.15) is 0 Å². The molecule has 102 valence electrons. The van der Waals surface area contributed by atoms with Gasteiger partial charge in [0.05, 0.1) is 11.3 Å². The molecule has 0 saturated heterocycles. The van der Waals surface area contributed by atoms with Gasteiger partial charge in [-0.3, -0.25) is 9.59 Å². The fourth-order valence-electron chi connectivity index (χ4n) is 2.26. The van der Waals surface area contributed by atoms with Crippen LogP contribution in [0.3, 0.4) is 0 Å². The molecular weight excluding hydrogens is 242 g/mol. The van der Waals surface area contributed by atoms with Crippen molar-refractivity contribution in [2.24, 2.45) is 0 Å². The maximum atomic E-state index is 12.2. The molecule has 1 aliphatic heterocycles. The highest BCUT2D eigenvalue weighted by molar-refractivity contribution is 6.02. The van der Waals surface area contributed by atoms with Crippen molar-refractivity contribution in [1.82, 2.24) is 10.6 Å². The van der Waals surface area contributed by atoms with Gasteiger partial charge in [-0.25, -0.2) is 0 Å². The molecule has 5 nitrogen and oxygen atoms in total. The van der Waals surface area contributed by atoms with Crippen molar-refractivity contribution in [1.29, 1.82) is 0 Å². The number of nitrogens with one attached hydrogen (secondary N) is 3. The Morgan fingerprint density at radius 3 is 2.89 bits per heavy atom. The second-order valence-electron chi connectivity index (χ2n) is 4.68. The largest absolute Gasteiger partial charge is 0.384 e. The third kappa shape index (κ3) is 2.86. The van der Waals surface area contributed by atoms with Crippen LogP contribution in [0.1, 0.15) is 29.3 Å². The van der Waals surface area contributed by atoms with E-state index >= 15 is 0 Å². The molecule has 2 amide bonds. The Morgan fingerprint density at radius 1 is 1.37 bits per heavy atom. The van der Waals surface area contributed by atoms with Crippen molar-refractivity contribution in [3.05, 3.63) is 29.3 Å². The summed E-state index contributed by atoms with van der Waals surface area (Å²) in [7, 11) is 1.55. The van der Waals surface area contributed by atoms with Crippen LogP contribution >= 0.6 is 0 Å². The highest BCUT2D eigenvalue weighted by Gasteiger charge is 2.20. The standard InChI is InChI=1S/C14H19N3O2/c1-9(13(18)15-2)17-14(19)11-7-3-5-10-6-4-8-16-12(10)11/h3,5,7,9,16H,4,6,8H2,1-2H3,(H,15,18)(H,17,19). The van der Waals surface area contributed by atoms with Crippen molar-refractivity contribution in [3.63, 3.8) is 0 Å². The number of hydrogen-bond acceptors (Lipinski definition) is 3. The van der Waals surface area contributed by atoms with Gasteiger partial charge in [0, 0.05) is 13.6 Å². The van der Waals surface area contributed by atoms with E-state index in [0.717, 1.165) is 30.6 Å². The number of carbonyl (C=O) groups is 2. The first-order chi connectivity index (χ1) is 9.13. The van der Waals surface area contributed by atoms with Gasteiger partial charge in [-0.05, 0) is 31.4 Å². The predicted octanol–water partition coefficient (Wildman–Crippen LogP) is 0.909. The Balaban J connectivity index is 2.18. The van der Waals surface area contributed by atoms with Crippen molar-refractivity contribution in [3.8, 4) is 0 Å². The molecular formula is C14H19N3O2. The Bertz CT molecular complexity index is 499. The molecule has 1 aliphatic rings. The molecule has 0 bridgehead atoms. The van der Waals surface area contributed by atoms with E-state index in [2.05, 4.69) is 16.0 Å². The molecule has 3 N–H and O–H groups in total. The van der Waals surface area contributed by atoms with E-state index in [1.165, 1.54) is 0 Å². The Labute approximate surface area is 112 Å². The summed E-state index contributed by atoms with van der Waals surface area (Å²) < 4.78 is 0. The first-order valence-electron chi connectivity index (χ1n) is 6.51. The summed E-state index contributed by atoms with van der Waals surface area (Å²) in [6.45, 7) is 2.54. The quantitative estimate of drug-likeness (QED) is 0.757. The minimum Gasteiger partial charge on any atom is -0.384 e. The third-order valence-corrected chi connectivity index (χ3v) is 3.31. The van der Waals surface area contributed by atoms with Crippen LogP contribution in [-0.4, -0.2) is 31.4 Å². The lowest BCUT2D eigenvalue weighted by Gasteiger charge is -2.21. The summed E-state index contributed by atoms with van der Waals surface area (Å²) in [5.74, 6) is -0.423. The number of fused-ring (bicyclic) bond motifs is 1. The molecule has 0 spiro atoms. The highest BCUT2D eigenvalue weighted by atomic mass is 16.2. The number of anilines is 1. The lowest BCUT2D eigenvalue weighted by Crippen LogP contribution is -2.43. The van der Waals surface area contributed by atoms with Crippen molar-refractivity contribution < 1.29 is 9.59 Å². The summed E-state index contributed by atoms with van der Waals surface area (Å²) in [5.41, 5.74) is 2.66. The van der Waals surface area contributed by atoms with E-state index in [9.17, 15) is 9.59 Å². The van der Waals surface area contributed by atoms with Crippen molar-refractivity contribution in [2.75, 3.05) is 18.9 Å². The Kier molecular flexibility index (Phi) is 4.04. The molecule has 1 atom stereocenters. The molecule has 2 rings (SSSR count). The summed E-state index contributed by atoms with van der Waals surface area (Å²) in [6, 6.07) is 5.14. The summed E-state index contributed by atoms with van der Waals surface area (Å²) in [4.78, 5) is 23.6. The van der Waals surface area contributed by atoms with E-state index < -0.39 is 6.04 Å². The van der Waals surface area contributed by atoms with Gasteiger partial charge in [-0.15, -0.1) is 0 Å². The molecule has 1 heterocycles. The Hall–Kier alpha value is -2.04. The van der Waals surface area contributed by atoms with E-state index in [1.54, 1.807) is 20.0 Å². The van der Waals surface area contributed by atoms with Crippen molar-refractivity contribution >= 4 is 17.5 Å². The number of carbonyl (C=O) groups excluding carboxylic acids is 2. The van der Waals surface area contributed by atoms with Crippen LogP contribution in [0, 0.1) is 0 Å². The Morgan fingerprint density at radius 2 is 2.16 bits per heavy atom. The maximum Gasteiger partial charge on any atom is 0.254 e. The minimum atomic E-state index is -0.544. The normalized spacial score (nSPS) is 14.8. The van der Waals surface area contributed by atoms with Crippen LogP contribution < -0.4 is 16.0 Å². The topological polar surface area (TPSA) is 70.2 Å². The van der Waals surface area contributed by atoms with Gasteiger partial charge < -0.3 is 16.0 Å². The minimum absolute atomic E-state index is 0.203. The number of likely N-dealkylation sites (N-methyl/N-ethyl adjacent to an activating group) is 1. The van der Waals surface area contributed by atoms with Crippen LogP contribution in [-0.2, 0) is 11.2 Å². The van der Waals surface area contributed by atoms with E-state index in [0.29, 0.717) is 5.56 Å². The number of benzene rings is 1. The second-order valence-corrected chi connectivity index (χ2v) is 4.68. The highest BCUT2D eigenvalue weighted by Crippen LogP contribution is 2.25. The number of hydrogen-bond donors (Lipinski definition) is 3. The smallest absolute Gasteiger partial charge is 0.254 e. The zero-order chi connectivity index (χ0) is 13.8. The van der Waals surface area contributed by atoms with Crippen LogP contribution in [0.2, 0.25) is 0 Å². The fourth-order valence-corrected chi connectivity index (χ4v) is 2.26. The molecule has 0 aromatic heterocycles. The molecule has 5 heteroatoms. The van der Waals surface area contributed by atoms with Crippen LogP contribution in [0.25, 0.3) is 0 Å². The fraction of sp³-hybridized carbons (Fsp3) is 0.429. The van der Waals surface area contributed by atoms with Gasteiger partial charge >= 0.3 is 0 Å². The van der Waals surface area contributed by atoms with E-state index in [1.807, 2.05) is 12.1 Å². The molecule has 0 saturated carbocycles. The molecule has 0 fully saturated rings. The van der Waals surface area contributed by atoms with Crippen molar-refractivity contribution in [2.45, 2.75) is 25.8 Å². The average Bonchev–Trinajstić information content (AvgIpc) is 2.45. The van der Waals surface area contributed by atoms with Gasteiger partial charge in [0.15, 0.2) is 0 Å². The van der Waals surface area contributed by atoms with E-state index in [4.69, 9.17) is 0 Å². The van der Waals surface area contributed by atoms with Gasteiger partial charge in [-0.1, -0.05) is 12.1 Å². The lowest BCUT2D eigenvalue weighted by molar-refractivity contribution is -0.122. The molecule has 0 aliphatic carbocycles. The van der Waals surface area contributed by atoms with Gasteiger partial charge in [0.25, 0.3) is 5.91 Å². The monoisotopic (exact) mass is 261 g/mol. The maximum absolute atomic E-state index is 12.2. The summed E-state index contributed by atoms with van der Waals surface area (Å²) in [5, 5.41) is 8.49. The zero-order valence-corrected chi connectivity index (χ0v) is 11.2. The molecule has 1 aromatic rings. The SMILES string of the molecule is CNC(=O)C(C)NC(=O)c1cccc2c1NCCC2. The van der Waals surface area contributed by atoms with Gasteiger partial charge in [0.2, 0.25) is 5.91 Å². The summed E-state index contributed by atoms with van der Waals surface area (Å²) in [6.07, 6.45) is 2.06. The molecule has 19 heavy (non-hydrogen) atoms. The number of amides is 2. The molecule has 0 radical (unpaired) electrons. The van der Waals surface area contributed by atoms with E-state index in [-0.39, 0.29) is 11.8 Å². The zero-order valence-electron chi connectivity index (χ0n) is 11.2. The predicted molar refractivity (Wildman–Crippen MR) is 74.2 cm³/mol. The lowest BCUT2D eigenvalue weighted by atomic mass is 9.99. The van der Waals surface area contributed by atoms with Crippen LogP contribution in [0.15, 0.2) is 18.2 Å². The van der Waals surface area contributed by atoms with Gasteiger partial charge in [0.1, 0.15) is 6.04 Å². The third-order valence-electron chi connectivity index (χ3n) is 3.31. The summed E-state index contributed by atoms with van der Waals surface area (Å²) >= 11 is 0. The number of aryl methyl sites for hydroxylation is 1. The molecule has 1 unspecified atom stereocenters.